The van der Waals surface area contributed by atoms with Gasteiger partial charge in [0.05, 0.1) is 0 Å². The first-order chi connectivity index (χ1) is 8.72. The first-order valence-corrected chi connectivity index (χ1v) is 6.79. The van der Waals surface area contributed by atoms with Crippen molar-refractivity contribution >= 4 is 11.5 Å². The molecule has 1 N–H and O–H groups in total. The molecule has 2 fully saturated rings. The Kier molecular flexibility index (Phi) is 3.08. The van der Waals surface area contributed by atoms with Crippen molar-refractivity contribution in [3.05, 3.63) is 29.8 Å². The van der Waals surface area contributed by atoms with Crippen LogP contribution < -0.4 is 10.2 Å². The van der Waals surface area contributed by atoms with Crippen LogP contribution in [0.15, 0.2) is 24.3 Å². The number of fused-ring (bicyclic) bond motifs is 2. The van der Waals surface area contributed by atoms with Crippen LogP contribution in [0.2, 0.25) is 0 Å². The maximum absolute atomic E-state index is 11.4. The molecule has 2 aliphatic rings. The van der Waals surface area contributed by atoms with Crippen molar-refractivity contribution in [1.29, 1.82) is 0 Å². The average molecular weight is 244 g/mol. The van der Waals surface area contributed by atoms with E-state index in [2.05, 4.69) is 16.3 Å². The van der Waals surface area contributed by atoms with Crippen LogP contribution in [0.3, 0.4) is 0 Å². The van der Waals surface area contributed by atoms with Gasteiger partial charge in [0.15, 0.2) is 5.78 Å². The van der Waals surface area contributed by atoms with Crippen molar-refractivity contribution in [3.8, 4) is 0 Å². The predicted molar refractivity (Wildman–Crippen MR) is 73.1 cm³/mol. The van der Waals surface area contributed by atoms with Crippen molar-refractivity contribution in [2.24, 2.45) is 11.8 Å². The predicted octanol–water partition coefficient (Wildman–Crippen LogP) is 1.93. The number of rotatable bonds is 2. The van der Waals surface area contributed by atoms with Gasteiger partial charge in [-0.25, -0.2) is 0 Å². The molecule has 1 aromatic carbocycles. The number of hydrogen-bond donors (Lipinski definition) is 1. The monoisotopic (exact) mass is 244 g/mol. The summed E-state index contributed by atoms with van der Waals surface area (Å²) in [5.41, 5.74) is 2.03. The van der Waals surface area contributed by atoms with Crippen LogP contribution in [0.4, 0.5) is 5.69 Å². The van der Waals surface area contributed by atoms with Crippen LogP contribution in [0.5, 0.6) is 0 Å². The number of nitrogens with zero attached hydrogens (tertiary/aromatic N) is 1. The van der Waals surface area contributed by atoms with E-state index in [1.807, 2.05) is 18.2 Å². The van der Waals surface area contributed by atoms with E-state index in [9.17, 15) is 4.79 Å². The third-order valence-corrected chi connectivity index (χ3v) is 4.11. The van der Waals surface area contributed by atoms with Gasteiger partial charge in [-0.05, 0) is 50.4 Å². The van der Waals surface area contributed by atoms with Gasteiger partial charge in [0.25, 0.3) is 0 Å². The smallest absolute Gasteiger partial charge is 0.159 e. The zero-order chi connectivity index (χ0) is 12.5. The van der Waals surface area contributed by atoms with Gasteiger partial charge in [-0.3, -0.25) is 4.79 Å². The second-order valence-corrected chi connectivity index (χ2v) is 5.64. The average Bonchev–Trinajstić information content (AvgIpc) is 2.38. The van der Waals surface area contributed by atoms with Crippen LogP contribution >= 0.6 is 0 Å². The second kappa shape index (κ2) is 4.73. The first-order valence-electron chi connectivity index (χ1n) is 6.79. The summed E-state index contributed by atoms with van der Waals surface area (Å²) in [6, 6.07) is 8.06. The van der Waals surface area contributed by atoms with Crippen molar-refractivity contribution in [2.45, 2.75) is 13.3 Å². The molecular weight excluding hydrogens is 224 g/mol. The molecule has 2 aliphatic heterocycles. The van der Waals surface area contributed by atoms with Crippen molar-refractivity contribution < 1.29 is 4.79 Å². The normalized spacial score (nSPS) is 27.1. The molecule has 3 rings (SSSR count). The second-order valence-electron chi connectivity index (χ2n) is 5.64. The third-order valence-electron chi connectivity index (χ3n) is 4.11. The van der Waals surface area contributed by atoms with Crippen LogP contribution in [0, 0.1) is 11.8 Å². The molecule has 3 nitrogen and oxygen atoms in total. The lowest BCUT2D eigenvalue weighted by atomic mass is 9.85. The van der Waals surface area contributed by atoms with Gasteiger partial charge in [-0.1, -0.05) is 12.1 Å². The number of carbonyl (C=O) groups excluding carboxylic acids is 1. The molecule has 3 heteroatoms. The molecular formula is C15H20N2O. The number of anilines is 1. The molecule has 0 spiro atoms. The zero-order valence-corrected chi connectivity index (χ0v) is 10.9. The highest BCUT2D eigenvalue weighted by atomic mass is 16.1. The fourth-order valence-electron chi connectivity index (χ4n) is 3.24. The standard InChI is InChI=1S/C15H20N2O/c1-11(18)14-3-2-4-15(6-14)17-9-12-5-13(10-17)8-16-7-12/h2-4,6,12-13,16H,5,7-10H2,1H3. The topological polar surface area (TPSA) is 32.3 Å². The molecule has 0 aliphatic carbocycles. The fourth-order valence-corrected chi connectivity index (χ4v) is 3.24. The SMILES string of the molecule is CC(=O)c1cccc(N2CC3CNCC(C3)C2)c1. The lowest BCUT2D eigenvalue weighted by Gasteiger charge is -2.42. The Morgan fingerprint density at radius 2 is 2.00 bits per heavy atom. The summed E-state index contributed by atoms with van der Waals surface area (Å²) >= 11 is 0. The number of Topliss-reactive ketones (excluding diaryl/α,β-unsaturated/α-hetero) is 1. The molecule has 2 atom stereocenters. The molecule has 2 unspecified atom stereocenters. The summed E-state index contributed by atoms with van der Waals surface area (Å²) in [6.45, 7) is 6.14. The minimum absolute atomic E-state index is 0.149. The van der Waals surface area contributed by atoms with Gasteiger partial charge in [0.1, 0.15) is 0 Å². The Morgan fingerprint density at radius 1 is 1.28 bits per heavy atom. The lowest BCUT2D eigenvalue weighted by molar-refractivity contribution is 0.101. The van der Waals surface area contributed by atoms with Crippen molar-refractivity contribution in [2.75, 3.05) is 31.1 Å². The summed E-state index contributed by atoms with van der Waals surface area (Å²) in [5.74, 6) is 1.67. The molecule has 2 saturated heterocycles. The number of benzene rings is 1. The molecule has 18 heavy (non-hydrogen) atoms. The highest BCUT2D eigenvalue weighted by Crippen LogP contribution is 2.28. The van der Waals surface area contributed by atoms with Gasteiger partial charge in [-0.2, -0.15) is 0 Å². The van der Waals surface area contributed by atoms with Crippen molar-refractivity contribution in [3.63, 3.8) is 0 Å². The summed E-state index contributed by atoms with van der Waals surface area (Å²) in [6.07, 6.45) is 1.36. The number of carbonyl (C=O) groups is 1. The largest absolute Gasteiger partial charge is 0.371 e. The quantitative estimate of drug-likeness (QED) is 0.807. The van der Waals surface area contributed by atoms with E-state index in [-0.39, 0.29) is 5.78 Å². The molecule has 0 amide bonds. The number of piperidine rings is 2. The van der Waals surface area contributed by atoms with E-state index in [0.29, 0.717) is 0 Å². The Hall–Kier alpha value is -1.35. The minimum Gasteiger partial charge on any atom is -0.371 e. The number of hydrogen-bond acceptors (Lipinski definition) is 3. The summed E-state index contributed by atoms with van der Waals surface area (Å²) in [5, 5.41) is 3.51. The number of nitrogens with one attached hydrogen (secondary N) is 1. The first kappa shape index (κ1) is 11.7. The van der Waals surface area contributed by atoms with E-state index in [4.69, 9.17) is 0 Å². The van der Waals surface area contributed by atoms with Gasteiger partial charge in [-0.15, -0.1) is 0 Å². The molecule has 0 saturated carbocycles. The van der Waals surface area contributed by atoms with E-state index < -0.39 is 0 Å². The zero-order valence-electron chi connectivity index (χ0n) is 10.9. The Morgan fingerprint density at radius 3 is 2.67 bits per heavy atom. The van der Waals surface area contributed by atoms with E-state index in [1.165, 1.54) is 12.1 Å². The molecule has 2 heterocycles. The van der Waals surface area contributed by atoms with Gasteiger partial charge in [0.2, 0.25) is 0 Å². The van der Waals surface area contributed by atoms with Gasteiger partial charge in [0, 0.05) is 24.3 Å². The van der Waals surface area contributed by atoms with Crippen LogP contribution in [-0.2, 0) is 0 Å². The Bertz CT molecular complexity index is 446. The fraction of sp³-hybridized carbons (Fsp3) is 0.533. The molecule has 1 aromatic rings. The maximum atomic E-state index is 11.4. The summed E-state index contributed by atoms with van der Waals surface area (Å²) in [4.78, 5) is 13.9. The highest BCUT2D eigenvalue weighted by Gasteiger charge is 2.30. The minimum atomic E-state index is 0.149. The van der Waals surface area contributed by atoms with E-state index in [0.717, 1.165) is 43.6 Å². The van der Waals surface area contributed by atoms with Gasteiger partial charge < -0.3 is 10.2 Å². The van der Waals surface area contributed by atoms with E-state index in [1.54, 1.807) is 6.92 Å². The van der Waals surface area contributed by atoms with Crippen LogP contribution in [0.25, 0.3) is 0 Å². The Labute approximate surface area is 108 Å². The lowest BCUT2D eigenvalue weighted by Crippen LogP contribution is -2.51. The molecule has 0 aromatic heterocycles. The van der Waals surface area contributed by atoms with Crippen molar-refractivity contribution in [1.82, 2.24) is 5.32 Å². The van der Waals surface area contributed by atoms with Crippen LogP contribution in [0.1, 0.15) is 23.7 Å². The summed E-state index contributed by atoms with van der Waals surface area (Å²) < 4.78 is 0. The molecule has 96 valence electrons. The molecule has 2 bridgehead atoms. The summed E-state index contributed by atoms with van der Waals surface area (Å²) in [7, 11) is 0. The van der Waals surface area contributed by atoms with Crippen LogP contribution in [-0.4, -0.2) is 32.0 Å². The maximum Gasteiger partial charge on any atom is 0.159 e. The van der Waals surface area contributed by atoms with E-state index >= 15 is 0 Å². The molecule has 0 radical (unpaired) electrons. The highest BCUT2D eigenvalue weighted by molar-refractivity contribution is 5.94. The van der Waals surface area contributed by atoms with Gasteiger partial charge >= 0.3 is 0 Å². The third kappa shape index (κ3) is 2.27. The Balaban J connectivity index is 1.82. The number of ketones is 1.